The summed E-state index contributed by atoms with van der Waals surface area (Å²) in [5, 5.41) is 11.7. The molecule has 0 aromatic heterocycles. The molecule has 9 heteroatoms. The molecule has 0 saturated heterocycles. The van der Waals surface area contributed by atoms with Gasteiger partial charge in [0.05, 0.1) is 12.2 Å². The van der Waals surface area contributed by atoms with E-state index in [2.05, 4.69) is 11.9 Å². The van der Waals surface area contributed by atoms with Crippen molar-refractivity contribution in [3.05, 3.63) is 114 Å². The number of aliphatic hydroxyl groups excluding tert-OH is 1. The number of rotatable bonds is 11. The first-order valence-electron chi connectivity index (χ1n) is 12.5. The summed E-state index contributed by atoms with van der Waals surface area (Å²) in [5.41, 5.74) is -0.567. The van der Waals surface area contributed by atoms with Crippen molar-refractivity contribution in [3.8, 4) is 5.75 Å². The Balaban J connectivity index is 1.64. The van der Waals surface area contributed by atoms with Gasteiger partial charge in [-0.05, 0) is 47.5 Å². The molecule has 0 saturated carbocycles. The summed E-state index contributed by atoms with van der Waals surface area (Å²) in [5.74, 6) is 0.371. The Morgan fingerprint density at radius 1 is 1.10 bits per heavy atom. The van der Waals surface area contributed by atoms with Crippen molar-refractivity contribution >= 4 is 11.8 Å². The lowest BCUT2D eigenvalue weighted by Gasteiger charge is -2.29. The number of nitrogens with one attached hydrogen (secondary N) is 1. The predicted molar refractivity (Wildman–Crippen MR) is 141 cm³/mol. The molecule has 39 heavy (non-hydrogen) atoms. The quantitative estimate of drug-likeness (QED) is 0.246. The number of halogens is 3. The summed E-state index contributed by atoms with van der Waals surface area (Å²) in [6.45, 7) is 4.11. The summed E-state index contributed by atoms with van der Waals surface area (Å²) in [4.78, 5) is 18.5. The molecule has 0 bridgehead atoms. The van der Waals surface area contributed by atoms with Crippen LogP contribution in [0.5, 0.6) is 5.75 Å². The van der Waals surface area contributed by atoms with Crippen molar-refractivity contribution < 1.29 is 32.5 Å². The molecule has 0 spiro atoms. The van der Waals surface area contributed by atoms with Gasteiger partial charge in [0, 0.05) is 31.6 Å². The van der Waals surface area contributed by atoms with E-state index in [9.17, 15) is 18.0 Å². The number of benzene rings is 3. The molecule has 6 nitrogen and oxygen atoms in total. The highest BCUT2D eigenvalue weighted by molar-refractivity contribution is 6.01. The van der Waals surface area contributed by atoms with Gasteiger partial charge in [-0.3, -0.25) is 4.79 Å². The monoisotopic (exact) mass is 538 g/mol. The Morgan fingerprint density at radius 2 is 1.85 bits per heavy atom. The number of amides is 1. The lowest BCUT2D eigenvalue weighted by Crippen LogP contribution is -2.47. The van der Waals surface area contributed by atoms with Crippen LogP contribution in [0.3, 0.4) is 0 Å². The smallest absolute Gasteiger partial charge is 0.416 e. The lowest BCUT2D eigenvalue weighted by molar-refractivity contribution is -0.137. The van der Waals surface area contributed by atoms with Gasteiger partial charge in [-0.2, -0.15) is 13.2 Å². The molecule has 1 amide bonds. The lowest BCUT2D eigenvalue weighted by atomic mass is 9.84. The van der Waals surface area contributed by atoms with Crippen LogP contribution in [0.2, 0.25) is 0 Å². The first-order valence-corrected chi connectivity index (χ1v) is 12.5. The first kappa shape index (κ1) is 27.9. The molecule has 1 aliphatic rings. The third-order valence-corrected chi connectivity index (χ3v) is 6.30. The molecule has 4 rings (SSSR count). The molecule has 1 aliphatic heterocycles. The Bertz CT molecular complexity index is 1310. The van der Waals surface area contributed by atoms with E-state index in [0.29, 0.717) is 29.9 Å². The van der Waals surface area contributed by atoms with E-state index in [1.165, 1.54) is 12.1 Å². The summed E-state index contributed by atoms with van der Waals surface area (Å²) in [7, 11) is 0. The van der Waals surface area contributed by atoms with E-state index in [0.717, 1.165) is 17.7 Å². The molecule has 0 fully saturated rings. The number of alkyl halides is 3. The Morgan fingerprint density at radius 3 is 2.51 bits per heavy atom. The molecule has 0 unspecified atom stereocenters. The second-order valence-electron chi connectivity index (χ2n) is 9.07. The van der Waals surface area contributed by atoms with Gasteiger partial charge in [-0.15, -0.1) is 6.58 Å². The topological polar surface area (TPSA) is 80.2 Å². The highest BCUT2D eigenvalue weighted by Gasteiger charge is 2.52. The van der Waals surface area contributed by atoms with Crippen molar-refractivity contribution in [1.29, 1.82) is 0 Å². The minimum atomic E-state index is -4.49. The number of nitrogens with zero attached hydrogens (tertiary/aromatic N) is 1. The van der Waals surface area contributed by atoms with Crippen LogP contribution >= 0.6 is 0 Å². The minimum absolute atomic E-state index is 0.0326. The SMILES string of the molecule is C=CC[C@@]1(C(=O)NCc2cccc(C(F)(F)F)c2)N=C(c2ccc(OCCCO)cc2)O[C@@H]1c1ccccc1. The number of hydrogen-bond donors (Lipinski definition) is 2. The fraction of sp³-hybridized carbons (Fsp3) is 0.267. The van der Waals surface area contributed by atoms with Crippen LogP contribution in [-0.2, 0) is 22.3 Å². The number of carbonyl (C=O) groups is 1. The maximum absolute atomic E-state index is 13.8. The van der Waals surface area contributed by atoms with E-state index < -0.39 is 29.3 Å². The molecule has 1 heterocycles. The van der Waals surface area contributed by atoms with E-state index in [1.54, 1.807) is 30.3 Å². The van der Waals surface area contributed by atoms with Crippen molar-refractivity contribution in [2.24, 2.45) is 4.99 Å². The minimum Gasteiger partial charge on any atom is -0.494 e. The molecule has 204 valence electrons. The average molecular weight is 539 g/mol. The molecule has 3 aromatic carbocycles. The highest BCUT2D eigenvalue weighted by Crippen LogP contribution is 2.42. The molecule has 2 N–H and O–H groups in total. The van der Waals surface area contributed by atoms with Crippen molar-refractivity contribution in [1.82, 2.24) is 5.32 Å². The van der Waals surface area contributed by atoms with Crippen molar-refractivity contribution in [3.63, 3.8) is 0 Å². The largest absolute Gasteiger partial charge is 0.494 e. The summed E-state index contributed by atoms with van der Waals surface area (Å²) in [6.07, 6.45) is -3.06. The number of carbonyl (C=O) groups excluding carboxylic acids is 1. The molecule has 3 aromatic rings. The number of aliphatic imine (C=N–C) groups is 1. The standard InChI is InChI=1S/C30H29F3N2O4/c1-2-16-29(28(37)34-20-21-8-6-11-24(19-21)30(31,32)33)26(22-9-4-3-5-10-22)39-27(35-29)23-12-14-25(15-13-23)38-18-7-17-36/h2-6,8-15,19,26,36H,1,7,16-18,20H2,(H,34,37)/t26-,29-/m1/s1. The fourth-order valence-electron chi connectivity index (χ4n) is 4.36. The van der Waals surface area contributed by atoms with Crippen molar-refractivity contribution in [2.75, 3.05) is 13.2 Å². The second kappa shape index (κ2) is 12.2. The van der Waals surface area contributed by atoms with Gasteiger partial charge >= 0.3 is 6.18 Å². The summed E-state index contributed by atoms with van der Waals surface area (Å²) >= 11 is 0. The normalized spacial score (nSPS) is 18.7. The zero-order valence-electron chi connectivity index (χ0n) is 21.2. The summed E-state index contributed by atoms with van der Waals surface area (Å²) in [6, 6.07) is 21.0. The van der Waals surface area contributed by atoms with Gasteiger partial charge in [0.25, 0.3) is 5.91 Å². The number of hydrogen-bond acceptors (Lipinski definition) is 5. The van der Waals surface area contributed by atoms with Gasteiger partial charge in [0.15, 0.2) is 11.6 Å². The fourth-order valence-corrected chi connectivity index (χ4v) is 4.36. The molecular formula is C30H29F3N2O4. The maximum Gasteiger partial charge on any atom is 0.416 e. The van der Waals surface area contributed by atoms with Crippen molar-refractivity contribution in [2.45, 2.75) is 37.2 Å². The third-order valence-electron chi connectivity index (χ3n) is 6.30. The van der Waals surface area contributed by atoms with Crippen LogP contribution < -0.4 is 10.1 Å². The average Bonchev–Trinajstić information content (AvgIpc) is 3.33. The third kappa shape index (κ3) is 6.49. The molecule has 0 aliphatic carbocycles. The Kier molecular flexibility index (Phi) is 8.71. The van der Waals surface area contributed by atoms with Crippen LogP contribution in [0.25, 0.3) is 0 Å². The van der Waals surface area contributed by atoms with E-state index in [1.807, 2.05) is 30.3 Å². The number of ether oxygens (including phenoxy) is 2. The van der Waals surface area contributed by atoms with Gasteiger partial charge in [0.2, 0.25) is 5.90 Å². The maximum atomic E-state index is 13.8. The van der Waals surface area contributed by atoms with Crippen LogP contribution in [0, 0.1) is 0 Å². The molecular weight excluding hydrogens is 509 g/mol. The summed E-state index contributed by atoms with van der Waals surface area (Å²) < 4.78 is 51.4. The van der Waals surface area contributed by atoms with E-state index in [-0.39, 0.29) is 25.5 Å². The van der Waals surface area contributed by atoms with Crippen LogP contribution in [0.1, 0.15) is 41.2 Å². The van der Waals surface area contributed by atoms with Crippen LogP contribution in [-0.4, -0.2) is 35.7 Å². The van der Waals surface area contributed by atoms with Gasteiger partial charge in [0.1, 0.15) is 5.75 Å². The Hall–Kier alpha value is -4.11. The van der Waals surface area contributed by atoms with Crippen LogP contribution in [0.15, 0.2) is 96.5 Å². The van der Waals surface area contributed by atoms with E-state index in [4.69, 9.17) is 19.6 Å². The second-order valence-corrected chi connectivity index (χ2v) is 9.07. The first-order chi connectivity index (χ1) is 18.8. The van der Waals surface area contributed by atoms with E-state index >= 15 is 0 Å². The van der Waals surface area contributed by atoms with Gasteiger partial charge < -0.3 is 19.9 Å². The zero-order chi connectivity index (χ0) is 27.9. The highest BCUT2D eigenvalue weighted by atomic mass is 19.4. The van der Waals surface area contributed by atoms with Gasteiger partial charge in [-0.1, -0.05) is 48.5 Å². The number of aliphatic hydroxyl groups is 1. The van der Waals surface area contributed by atoms with Gasteiger partial charge in [-0.25, -0.2) is 4.99 Å². The molecule has 2 atom stereocenters. The molecule has 0 radical (unpaired) electrons. The Labute approximate surface area is 224 Å². The predicted octanol–water partition coefficient (Wildman–Crippen LogP) is 5.62. The van der Waals surface area contributed by atoms with Crippen LogP contribution in [0.4, 0.5) is 13.2 Å². The zero-order valence-corrected chi connectivity index (χ0v) is 21.2.